The van der Waals surface area contributed by atoms with Crippen LogP contribution in [0.3, 0.4) is 0 Å². The standard InChI is InChI=1S/C17H19N7.CH2O2/c1-10-7-12(3)24-17(22-10)14(9-20-24)16-18-5-6-23(16)13(4)15-19-8-11(2)21-15;2-1-3/h5-9,13H,1-4H3,(H,19,21);1H,(H,2,3). The lowest BCUT2D eigenvalue weighted by Gasteiger charge is -2.14. The maximum Gasteiger partial charge on any atom is 0.290 e. The van der Waals surface area contributed by atoms with Gasteiger partial charge in [0.05, 0.1) is 17.8 Å². The van der Waals surface area contributed by atoms with E-state index < -0.39 is 0 Å². The second-order valence-electron chi connectivity index (χ2n) is 6.22. The van der Waals surface area contributed by atoms with Crippen LogP contribution in [0.2, 0.25) is 0 Å². The van der Waals surface area contributed by atoms with Crippen molar-refractivity contribution in [2.24, 2.45) is 0 Å². The monoisotopic (exact) mass is 367 g/mol. The van der Waals surface area contributed by atoms with Gasteiger partial charge in [0.1, 0.15) is 11.6 Å². The predicted octanol–water partition coefficient (Wildman–Crippen LogP) is 2.55. The Morgan fingerprint density at radius 2 is 1.96 bits per heavy atom. The Balaban J connectivity index is 0.000000659. The topological polar surface area (TPSA) is 114 Å². The molecule has 140 valence electrons. The molecular formula is C18H21N7O2. The summed E-state index contributed by atoms with van der Waals surface area (Å²) in [4.78, 5) is 25.3. The molecule has 4 rings (SSSR count). The molecule has 0 saturated carbocycles. The van der Waals surface area contributed by atoms with Gasteiger partial charge in [-0.15, -0.1) is 0 Å². The highest BCUT2D eigenvalue weighted by molar-refractivity contribution is 5.73. The van der Waals surface area contributed by atoms with E-state index >= 15 is 0 Å². The lowest BCUT2D eigenvalue weighted by Crippen LogP contribution is -2.09. The molecule has 4 aromatic rings. The molecule has 0 spiro atoms. The molecule has 1 atom stereocenters. The van der Waals surface area contributed by atoms with Crippen LogP contribution in [0.15, 0.2) is 30.9 Å². The first-order chi connectivity index (χ1) is 13.0. The van der Waals surface area contributed by atoms with Crippen LogP contribution in [-0.4, -0.2) is 45.7 Å². The molecule has 4 aromatic heterocycles. The second-order valence-corrected chi connectivity index (χ2v) is 6.22. The number of aromatic nitrogens is 7. The summed E-state index contributed by atoms with van der Waals surface area (Å²) >= 11 is 0. The summed E-state index contributed by atoms with van der Waals surface area (Å²) < 4.78 is 3.94. The first-order valence-electron chi connectivity index (χ1n) is 8.40. The zero-order valence-electron chi connectivity index (χ0n) is 15.6. The van der Waals surface area contributed by atoms with E-state index in [0.29, 0.717) is 0 Å². The normalized spacial score (nSPS) is 11.9. The molecule has 0 aliphatic carbocycles. The largest absolute Gasteiger partial charge is 0.483 e. The molecule has 0 bridgehead atoms. The maximum absolute atomic E-state index is 8.36. The van der Waals surface area contributed by atoms with Crippen molar-refractivity contribution >= 4 is 12.1 Å². The third-order valence-electron chi connectivity index (χ3n) is 4.22. The van der Waals surface area contributed by atoms with E-state index in [4.69, 9.17) is 9.90 Å². The van der Waals surface area contributed by atoms with Crippen molar-refractivity contribution in [1.29, 1.82) is 0 Å². The fourth-order valence-corrected chi connectivity index (χ4v) is 3.04. The Kier molecular flexibility index (Phi) is 5.02. The van der Waals surface area contributed by atoms with Gasteiger partial charge >= 0.3 is 0 Å². The Hall–Kier alpha value is -3.49. The highest BCUT2D eigenvalue weighted by Crippen LogP contribution is 2.27. The molecule has 0 amide bonds. The first kappa shape index (κ1) is 18.3. The lowest BCUT2D eigenvalue weighted by molar-refractivity contribution is -0.122. The third-order valence-corrected chi connectivity index (χ3v) is 4.22. The van der Waals surface area contributed by atoms with Crippen LogP contribution in [0, 0.1) is 20.8 Å². The molecule has 9 heteroatoms. The van der Waals surface area contributed by atoms with Crippen molar-refractivity contribution in [3.8, 4) is 11.4 Å². The number of nitrogens with one attached hydrogen (secondary N) is 1. The number of imidazole rings is 2. The van der Waals surface area contributed by atoms with Crippen molar-refractivity contribution in [2.45, 2.75) is 33.7 Å². The minimum Gasteiger partial charge on any atom is -0.483 e. The van der Waals surface area contributed by atoms with Crippen LogP contribution < -0.4 is 0 Å². The number of nitrogens with zero attached hydrogens (tertiary/aromatic N) is 6. The number of aromatic amines is 1. The Bertz CT molecular complexity index is 1080. The van der Waals surface area contributed by atoms with Crippen LogP contribution in [-0.2, 0) is 4.79 Å². The van der Waals surface area contributed by atoms with Gasteiger partial charge in [0, 0.05) is 35.7 Å². The molecule has 1 unspecified atom stereocenters. The smallest absolute Gasteiger partial charge is 0.290 e. The number of rotatable bonds is 3. The van der Waals surface area contributed by atoms with Crippen LogP contribution in [0.4, 0.5) is 0 Å². The summed E-state index contributed by atoms with van der Waals surface area (Å²) in [5, 5.41) is 11.4. The molecule has 0 aliphatic heterocycles. The summed E-state index contributed by atoms with van der Waals surface area (Å²) in [6.07, 6.45) is 7.43. The van der Waals surface area contributed by atoms with Gasteiger partial charge in [-0.2, -0.15) is 5.10 Å². The molecular weight excluding hydrogens is 346 g/mol. The van der Waals surface area contributed by atoms with Gasteiger partial charge in [-0.05, 0) is 33.8 Å². The number of H-pyrrole nitrogens is 1. The first-order valence-corrected chi connectivity index (χ1v) is 8.40. The number of fused-ring (bicyclic) bond motifs is 1. The Morgan fingerprint density at radius 3 is 2.63 bits per heavy atom. The highest BCUT2D eigenvalue weighted by atomic mass is 16.3. The molecule has 0 fully saturated rings. The lowest BCUT2D eigenvalue weighted by atomic mass is 10.2. The molecule has 2 N–H and O–H groups in total. The molecule has 0 aliphatic rings. The summed E-state index contributed by atoms with van der Waals surface area (Å²) in [5.41, 5.74) is 4.80. The second kappa shape index (κ2) is 7.40. The molecule has 0 aromatic carbocycles. The zero-order valence-corrected chi connectivity index (χ0v) is 15.6. The van der Waals surface area contributed by atoms with Crippen molar-refractivity contribution in [3.63, 3.8) is 0 Å². The number of hydrogen-bond acceptors (Lipinski definition) is 5. The highest BCUT2D eigenvalue weighted by Gasteiger charge is 2.19. The summed E-state index contributed by atoms with van der Waals surface area (Å²) in [7, 11) is 0. The zero-order chi connectivity index (χ0) is 19.6. The summed E-state index contributed by atoms with van der Waals surface area (Å²) in [5.74, 6) is 1.74. The van der Waals surface area contributed by atoms with Gasteiger partial charge in [0.25, 0.3) is 6.47 Å². The van der Waals surface area contributed by atoms with Crippen molar-refractivity contribution in [2.75, 3.05) is 0 Å². The van der Waals surface area contributed by atoms with Gasteiger partial charge in [0.15, 0.2) is 5.65 Å². The fraction of sp³-hybridized carbons (Fsp3) is 0.278. The van der Waals surface area contributed by atoms with E-state index in [0.717, 1.165) is 39.9 Å². The predicted molar refractivity (Wildman–Crippen MR) is 99.5 cm³/mol. The number of carbonyl (C=O) groups is 1. The van der Waals surface area contributed by atoms with Crippen LogP contribution >= 0.6 is 0 Å². The SMILES string of the molecule is Cc1cc(C)n2ncc(-c3nccn3C(C)c3ncc(C)[nH]3)c2n1.O=CO. The third kappa shape index (κ3) is 3.43. The van der Waals surface area contributed by atoms with E-state index in [-0.39, 0.29) is 12.5 Å². The van der Waals surface area contributed by atoms with E-state index in [1.165, 1.54) is 0 Å². The average molecular weight is 367 g/mol. The van der Waals surface area contributed by atoms with Gasteiger partial charge in [0.2, 0.25) is 0 Å². The van der Waals surface area contributed by atoms with Crippen molar-refractivity contribution in [1.82, 2.24) is 34.1 Å². The van der Waals surface area contributed by atoms with Gasteiger partial charge in [-0.1, -0.05) is 0 Å². The number of carboxylic acid groups (broad SMARTS) is 1. The Labute approximate surface area is 155 Å². The van der Waals surface area contributed by atoms with E-state index in [1.54, 1.807) is 6.20 Å². The van der Waals surface area contributed by atoms with E-state index in [1.807, 2.05) is 49.9 Å². The molecule has 9 nitrogen and oxygen atoms in total. The summed E-state index contributed by atoms with van der Waals surface area (Å²) in [6, 6.07) is 2.06. The minimum atomic E-state index is -0.250. The number of aryl methyl sites for hydroxylation is 3. The summed E-state index contributed by atoms with van der Waals surface area (Å²) in [6.45, 7) is 7.86. The van der Waals surface area contributed by atoms with E-state index in [9.17, 15) is 0 Å². The van der Waals surface area contributed by atoms with Crippen molar-refractivity contribution in [3.05, 3.63) is 53.8 Å². The van der Waals surface area contributed by atoms with Gasteiger partial charge < -0.3 is 14.7 Å². The van der Waals surface area contributed by atoms with Crippen LogP contribution in [0.1, 0.15) is 35.9 Å². The molecule has 0 saturated heterocycles. The van der Waals surface area contributed by atoms with Gasteiger partial charge in [-0.25, -0.2) is 19.5 Å². The van der Waals surface area contributed by atoms with Crippen molar-refractivity contribution < 1.29 is 9.90 Å². The van der Waals surface area contributed by atoms with Crippen LogP contribution in [0.5, 0.6) is 0 Å². The molecule has 0 radical (unpaired) electrons. The Morgan fingerprint density at radius 1 is 1.22 bits per heavy atom. The fourth-order valence-electron chi connectivity index (χ4n) is 3.04. The van der Waals surface area contributed by atoms with Gasteiger partial charge in [-0.3, -0.25) is 4.79 Å². The maximum atomic E-state index is 8.36. The van der Waals surface area contributed by atoms with Crippen LogP contribution in [0.25, 0.3) is 17.0 Å². The molecule has 27 heavy (non-hydrogen) atoms. The number of hydrogen-bond donors (Lipinski definition) is 2. The minimum absolute atomic E-state index is 0.0389. The average Bonchev–Trinajstić information content (AvgIpc) is 3.33. The van der Waals surface area contributed by atoms with E-state index in [2.05, 4.69) is 36.5 Å². The molecule has 4 heterocycles. The quantitative estimate of drug-likeness (QED) is 0.538.